The van der Waals surface area contributed by atoms with Crippen LogP contribution in [0.5, 0.6) is 0 Å². The molecule has 12 nitrogen and oxygen atoms in total. The van der Waals surface area contributed by atoms with Gasteiger partial charge in [0.15, 0.2) is 0 Å². The molecule has 0 saturated carbocycles. The fraction of sp³-hybridized carbons (Fsp3) is 0.706. The average Bonchev–Trinajstić information content (AvgIpc) is 3.21. The lowest BCUT2D eigenvalue weighted by atomic mass is 10.1. The molecule has 8 N–H and O–H groups in total. The maximum Gasteiger partial charge on any atom is 0.326 e. The molecule has 0 bridgehead atoms. The minimum atomic E-state index is -1.49. The van der Waals surface area contributed by atoms with E-state index < -0.39 is 54.0 Å². The molecule has 1 aliphatic rings. The normalized spacial score (nSPS) is 19.8. The van der Waals surface area contributed by atoms with Gasteiger partial charge >= 0.3 is 5.97 Å². The van der Waals surface area contributed by atoms with E-state index in [0.29, 0.717) is 13.0 Å². The van der Waals surface area contributed by atoms with Crippen LogP contribution in [0.25, 0.3) is 0 Å². The number of carbonyl (C=O) groups is 5. The Hall–Kier alpha value is -2.38. The quantitative estimate of drug-likeness (QED) is 0.143. The van der Waals surface area contributed by atoms with E-state index in [0.717, 1.165) is 6.42 Å². The Morgan fingerprint density at radius 1 is 1.13 bits per heavy atom. The van der Waals surface area contributed by atoms with Gasteiger partial charge in [-0.25, -0.2) is 4.79 Å². The first-order chi connectivity index (χ1) is 14.1. The molecule has 0 radical (unpaired) electrons. The molecule has 0 aromatic carbocycles. The van der Waals surface area contributed by atoms with E-state index in [1.165, 1.54) is 6.92 Å². The molecule has 13 heteroatoms. The molecule has 5 unspecified atom stereocenters. The number of primary amides is 1. The number of carboxylic acids is 1. The van der Waals surface area contributed by atoms with E-state index in [9.17, 15) is 34.2 Å². The third kappa shape index (κ3) is 8.16. The molecule has 1 rings (SSSR count). The summed E-state index contributed by atoms with van der Waals surface area (Å²) in [5.41, 5.74) is 4.99. The maximum atomic E-state index is 12.5. The number of thiol groups is 1. The molecule has 0 aromatic heterocycles. The van der Waals surface area contributed by atoms with Gasteiger partial charge < -0.3 is 37.2 Å². The molecule has 1 fully saturated rings. The lowest BCUT2D eigenvalue weighted by Gasteiger charge is -2.26. The monoisotopic (exact) mass is 447 g/mol. The number of nitrogens with two attached hydrogens (primary N) is 1. The molecule has 0 aromatic rings. The number of amides is 4. The van der Waals surface area contributed by atoms with Gasteiger partial charge in [-0.2, -0.15) is 12.6 Å². The van der Waals surface area contributed by atoms with Gasteiger partial charge in [-0.15, -0.1) is 0 Å². The van der Waals surface area contributed by atoms with Gasteiger partial charge in [0.2, 0.25) is 23.6 Å². The van der Waals surface area contributed by atoms with Crippen LogP contribution in [0.1, 0.15) is 32.6 Å². The highest BCUT2D eigenvalue weighted by molar-refractivity contribution is 7.80. The Morgan fingerprint density at radius 3 is 2.27 bits per heavy atom. The topological polar surface area (TPSA) is 200 Å². The van der Waals surface area contributed by atoms with Crippen LogP contribution in [-0.4, -0.2) is 82.4 Å². The molecule has 30 heavy (non-hydrogen) atoms. The zero-order valence-electron chi connectivity index (χ0n) is 16.6. The third-order valence-electron chi connectivity index (χ3n) is 4.55. The predicted molar refractivity (Wildman–Crippen MR) is 108 cm³/mol. The first-order valence-corrected chi connectivity index (χ1v) is 10.1. The van der Waals surface area contributed by atoms with Gasteiger partial charge in [0.25, 0.3) is 0 Å². The molecule has 0 spiro atoms. The summed E-state index contributed by atoms with van der Waals surface area (Å²) in [5.74, 6) is -4.30. The first-order valence-electron chi connectivity index (χ1n) is 9.51. The number of aliphatic hydroxyl groups is 1. The predicted octanol–water partition coefficient (Wildman–Crippen LogP) is -3.15. The summed E-state index contributed by atoms with van der Waals surface area (Å²) in [5, 5.41) is 29.1. The van der Waals surface area contributed by atoms with Crippen LogP contribution in [0.2, 0.25) is 0 Å². The molecule has 4 amide bonds. The van der Waals surface area contributed by atoms with Crippen molar-refractivity contribution in [3.63, 3.8) is 0 Å². The summed E-state index contributed by atoms with van der Waals surface area (Å²) < 4.78 is 0. The van der Waals surface area contributed by atoms with Crippen LogP contribution < -0.4 is 27.0 Å². The second kappa shape index (κ2) is 12.3. The van der Waals surface area contributed by atoms with E-state index in [4.69, 9.17) is 5.73 Å². The van der Waals surface area contributed by atoms with Crippen molar-refractivity contribution in [3.05, 3.63) is 0 Å². The van der Waals surface area contributed by atoms with Gasteiger partial charge in [-0.05, 0) is 32.7 Å². The summed E-state index contributed by atoms with van der Waals surface area (Å²) >= 11 is 4.05. The molecular weight excluding hydrogens is 418 g/mol. The van der Waals surface area contributed by atoms with Crippen molar-refractivity contribution in [2.45, 2.75) is 62.9 Å². The second-order valence-corrected chi connectivity index (χ2v) is 7.39. The third-order valence-corrected chi connectivity index (χ3v) is 4.91. The van der Waals surface area contributed by atoms with Crippen molar-refractivity contribution >= 4 is 42.2 Å². The number of hydrogen-bond donors (Lipinski definition) is 8. The Labute approximate surface area is 179 Å². The number of nitrogens with one attached hydrogen (secondary N) is 4. The molecule has 1 heterocycles. The lowest BCUT2D eigenvalue weighted by Crippen LogP contribution is -2.60. The SMILES string of the molecule is CC(O)C(NC(=O)C(CS)NC(=O)C1CCCN1)C(=O)NC(CCC(N)=O)C(=O)O. The summed E-state index contributed by atoms with van der Waals surface area (Å²) in [6.07, 6.45) is -0.423. The highest BCUT2D eigenvalue weighted by atomic mass is 32.1. The fourth-order valence-corrected chi connectivity index (χ4v) is 3.10. The van der Waals surface area contributed by atoms with Crippen LogP contribution in [0, 0.1) is 0 Å². The van der Waals surface area contributed by atoms with Crippen molar-refractivity contribution in [2.75, 3.05) is 12.3 Å². The zero-order chi connectivity index (χ0) is 22.8. The number of rotatable bonds is 12. The van der Waals surface area contributed by atoms with Crippen LogP contribution in [0.15, 0.2) is 0 Å². The van der Waals surface area contributed by atoms with Crippen molar-refractivity contribution in [1.29, 1.82) is 0 Å². The fourth-order valence-electron chi connectivity index (χ4n) is 2.84. The minimum Gasteiger partial charge on any atom is -0.480 e. The number of carboxylic acid groups (broad SMARTS) is 1. The highest BCUT2D eigenvalue weighted by Crippen LogP contribution is 2.06. The zero-order valence-corrected chi connectivity index (χ0v) is 17.5. The van der Waals surface area contributed by atoms with Crippen molar-refractivity contribution in [3.8, 4) is 0 Å². The second-order valence-electron chi connectivity index (χ2n) is 7.02. The minimum absolute atomic E-state index is 0.0607. The Bertz CT molecular complexity index is 654. The number of hydrogen-bond acceptors (Lipinski definition) is 8. The average molecular weight is 448 g/mol. The van der Waals surface area contributed by atoms with Gasteiger partial charge in [0.1, 0.15) is 18.1 Å². The smallest absolute Gasteiger partial charge is 0.326 e. The Balaban J connectivity index is 2.75. The Kier molecular flexibility index (Phi) is 10.6. The largest absolute Gasteiger partial charge is 0.480 e. The van der Waals surface area contributed by atoms with E-state index in [-0.39, 0.29) is 24.5 Å². The highest BCUT2D eigenvalue weighted by Gasteiger charge is 2.33. The van der Waals surface area contributed by atoms with E-state index in [1.54, 1.807) is 0 Å². The molecule has 170 valence electrons. The van der Waals surface area contributed by atoms with Crippen molar-refractivity contribution < 1.29 is 34.2 Å². The van der Waals surface area contributed by atoms with E-state index in [2.05, 4.69) is 33.9 Å². The van der Waals surface area contributed by atoms with Crippen LogP contribution in [0.3, 0.4) is 0 Å². The Morgan fingerprint density at radius 2 is 1.80 bits per heavy atom. The molecule has 5 atom stereocenters. The van der Waals surface area contributed by atoms with Gasteiger partial charge in [0, 0.05) is 12.2 Å². The van der Waals surface area contributed by atoms with Crippen LogP contribution >= 0.6 is 12.6 Å². The standard InChI is InChI=1S/C17H29N5O7S/c1-8(23)13(16(27)20-10(17(28)29)4-5-12(18)24)22-15(26)11(7-30)21-14(25)9-3-2-6-19-9/h8-11,13,19,23,30H,2-7H2,1H3,(H2,18,24)(H,20,27)(H,21,25)(H,22,26)(H,28,29). The van der Waals surface area contributed by atoms with Gasteiger partial charge in [-0.3, -0.25) is 19.2 Å². The maximum absolute atomic E-state index is 12.5. The van der Waals surface area contributed by atoms with E-state index >= 15 is 0 Å². The molecule has 1 aliphatic heterocycles. The summed E-state index contributed by atoms with van der Waals surface area (Å²) in [6, 6.07) is -4.41. The van der Waals surface area contributed by atoms with Crippen molar-refractivity contribution in [2.24, 2.45) is 5.73 Å². The summed E-state index contributed by atoms with van der Waals surface area (Å²) in [6.45, 7) is 1.93. The van der Waals surface area contributed by atoms with E-state index in [1.807, 2.05) is 0 Å². The van der Waals surface area contributed by atoms with Crippen molar-refractivity contribution in [1.82, 2.24) is 21.3 Å². The number of carbonyl (C=O) groups excluding carboxylic acids is 4. The van der Waals surface area contributed by atoms with Gasteiger partial charge in [0.05, 0.1) is 12.1 Å². The molecular formula is C17H29N5O7S. The van der Waals surface area contributed by atoms with Gasteiger partial charge in [-0.1, -0.05) is 0 Å². The number of aliphatic carboxylic acids is 1. The molecule has 1 saturated heterocycles. The van der Waals surface area contributed by atoms with Crippen LogP contribution in [-0.2, 0) is 24.0 Å². The summed E-state index contributed by atoms with van der Waals surface area (Å²) in [4.78, 5) is 59.3. The first kappa shape index (κ1) is 25.7. The summed E-state index contributed by atoms with van der Waals surface area (Å²) in [7, 11) is 0. The number of aliphatic hydroxyl groups excluding tert-OH is 1. The van der Waals surface area contributed by atoms with Crippen LogP contribution in [0.4, 0.5) is 0 Å². The molecule has 0 aliphatic carbocycles. The lowest BCUT2D eigenvalue weighted by molar-refractivity contribution is -0.143.